The number of carbonyl (C=O) groups is 2. The lowest BCUT2D eigenvalue weighted by Gasteiger charge is -2.22. The fourth-order valence-corrected chi connectivity index (χ4v) is 4.96. The molecule has 1 amide bonds. The van der Waals surface area contributed by atoms with Crippen molar-refractivity contribution in [2.75, 3.05) is 13.1 Å². The van der Waals surface area contributed by atoms with E-state index in [0.29, 0.717) is 18.7 Å². The number of Topliss-reactive ketones (excluding diaryl/α,β-unsaturated/α-hetero) is 1. The molecule has 1 aromatic heterocycles. The fraction of sp³-hybridized carbons (Fsp3) is 0.375. The van der Waals surface area contributed by atoms with Crippen molar-refractivity contribution in [3.05, 3.63) is 72.3 Å². The highest BCUT2D eigenvalue weighted by molar-refractivity contribution is 6.46. The summed E-state index contributed by atoms with van der Waals surface area (Å²) in [5.41, 5.74) is 2.99. The summed E-state index contributed by atoms with van der Waals surface area (Å²) in [6.45, 7) is 5.65. The molecule has 0 unspecified atom stereocenters. The van der Waals surface area contributed by atoms with Gasteiger partial charge in [-0.15, -0.1) is 0 Å². The molecule has 0 radical (unpaired) electrons. The molecule has 3 aromatic carbocycles. The summed E-state index contributed by atoms with van der Waals surface area (Å²) in [5, 5.41) is 3.05. The third-order valence-electron chi connectivity index (χ3n) is 7.02. The molecule has 0 atom stereocenters. The monoisotopic (exact) mass is 482 g/mol. The highest BCUT2D eigenvalue weighted by atomic mass is 16.2. The number of nitrogens with one attached hydrogen (secondary N) is 1. The van der Waals surface area contributed by atoms with Crippen LogP contribution in [0.3, 0.4) is 0 Å². The lowest BCUT2D eigenvalue weighted by Crippen LogP contribution is -2.38. The number of amides is 1. The van der Waals surface area contributed by atoms with E-state index in [2.05, 4.69) is 43.1 Å². The molecule has 1 heterocycles. The van der Waals surface area contributed by atoms with E-state index in [1.165, 1.54) is 0 Å². The number of H-pyrrole nitrogens is 1. The Morgan fingerprint density at radius 1 is 0.722 bits per heavy atom. The Kier molecular flexibility index (Phi) is 8.94. The Balaban J connectivity index is 1.68. The molecule has 1 N–H and O–H groups in total. The molecule has 0 saturated heterocycles. The number of aromatic nitrogens is 1. The Labute approximate surface area is 214 Å². The first-order chi connectivity index (χ1) is 17.6. The molecular weight excluding hydrogens is 444 g/mol. The van der Waals surface area contributed by atoms with E-state index < -0.39 is 5.78 Å². The van der Waals surface area contributed by atoms with Gasteiger partial charge in [-0.3, -0.25) is 9.59 Å². The zero-order valence-corrected chi connectivity index (χ0v) is 21.7. The van der Waals surface area contributed by atoms with E-state index in [1.54, 1.807) is 4.90 Å². The van der Waals surface area contributed by atoms with Crippen LogP contribution in [0.15, 0.2) is 66.7 Å². The van der Waals surface area contributed by atoms with Gasteiger partial charge in [-0.2, -0.15) is 0 Å². The van der Waals surface area contributed by atoms with Crippen molar-refractivity contribution in [2.24, 2.45) is 0 Å². The number of nitrogens with zero attached hydrogens (tertiary/aromatic N) is 1. The lowest BCUT2D eigenvalue weighted by molar-refractivity contribution is -0.126. The number of unbranched alkanes of at least 4 members (excludes halogenated alkanes) is 6. The molecule has 0 aliphatic carbocycles. The average molecular weight is 483 g/mol. The van der Waals surface area contributed by atoms with Crippen LogP contribution in [0.5, 0.6) is 0 Å². The SMILES string of the molecule is CCCCCCN(CCCCCC)C(=O)C(=O)c1c(-c2ccc3ccccc3c2)[nH]c2ccccc12. The van der Waals surface area contributed by atoms with Crippen LogP contribution in [-0.2, 0) is 4.79 Å². The van der Waals surface area contributed by atoms with Crippen LogP contribution < -0.4 is 0 Å². The molecular formula is C32H38N2O2. The standard InChI is InChI=1S/C32H38N2O2/c1-3-5-7-13-21-34(22-14-8-6-4-2)32(36)31(35)29-27-17-11-12-18-28(27)33-30(29)26-20-19-24-15-9-10-16-25(24)23-26/h9-12,15-20,23,33H,3-8,13-14,21-22H2,1-2H3. The summed E-state index contributed by atoms with van der Waals surface area (Å²) < 4.78 is 0. The second kappa shape index (κ2) is 12.5. The first-order valence-corrected chi connectivity index (χ1v) is 13.6. The topological polar surface area (TPSA) is 53.2 Å². The Hall–Kier alpha value is -3.40. The maximum absolute atomic E-state index is 13.9. The molecule has 0 bridgehead atoms. The van der Waals surface area contributed by atoms with E-state index in [4.69, 9.17) is 0 Å². The van der Waals surface area contributed by atoms with Gasteiger partial charge in [-0.05, 0) is 41.3 Å². The predicted molar refractivity (Wildman–Crippen MR) is 150 cm³/mol. The van der Waals surface area contributed by atoms with E-state index >= 15 is 0 Å². The second-order valence-corrected chi connectivity index (χ2v) is 9.73. The predicted octanol–water partition coefficient (Wildman–Crippen LogP) is 8.16. The van der Waals surface area contributed by atoms with Gasteiger partial charge in [-0.1, -0.05) is 107 Å². The summed E-state index contributed by atoms with van der Waals surface area (Å²) in [5.74, 6) is -0.795. The Bertz CT molecular complexity index is 1310. The number of hydrogen-bond acceptors (Lipinski definition) is 2. The maximum atomic E-state index is 13.9. The minimum Gasteiger partial charge on any atom is -0.354 e. The largest absolute Gasteiger partial charge is 0.354 e. The van der Waals surface area contributed by atoms with Crippen molar-refractivity contribution in [1.82, 2.24) is 9.88 Å². The van der Waals surface area contributed by atoms with Gasteiger partial charge >= 0.3 is 0 Å². The van der Waals surface area contributed by atoms with Gasteiger partial charge in [-0.25, -0.2) is 0 Å². The first kappa shape index (κ1) is 25.7. The normalized spacial score (nSPS) is 11.3. The Morgan fingerprint density at radius 2 is 1.36 bits per heavy atom. The number of hydrogen-bond donors (Lipinski definition) is 1. The van der Waals surface area contributed by atoms with Gasteiger partial charge in [0.2, 0.25) is 0 Å². The van der Waals surface area contributed by atoms with Crippen LogP contribution in [-0.4, -0.2) is 34.7 Å². The number of benzene rings is 3. The lowest BCUT2D eigenvalue weighted by atomic mass is 9.98. The molecule has 0 aliphatic rings. The van der Waals surface area contributed by atoms with Crippen molar-refractivity contribution in [1.29, 1.82) is 0 Å². The van der Waals surface area contributed by atoms with Crippen molar-refractivity contribution in [3.8, 4) is 11.3 Å². The van der Waals surface area contributed by atoms with Crippen LogP contribution in [0.2, 0.25) is 0 Å². The highest BCUT2D eigenvalue weighted by Gasteiger charge is 2.28. The van der Waals surface area contributed by atoms with Gasteiger partial charge in [0.1, 0.15) is 0 Å². The summed E-state index contributed by atoms with van der Waals surface area (Å²) in [6, 6.07) is 22.2. The highest BCUT2D eigenvalue weighted by Crippen LogP contribution is 2.33. The van der Waals surface area contributed by atoms with E-state index in [-0.39, 0.29) is 5.91 Å². The average Bonchev–Trinajstić information content (AvgIpc) is 3.31. The molecule has 0 spiro atoms. The molecule has 4 nitrogen and oxygen atoms in total. The molecule has 4 rings (SSSR count). The minimum absolute atomic E-state index is 0.380. The van der Waals surface area contributed by atoms with E-state index in [9.17, 15) is 9.59 Å². The number of para-hydroxylation sites is 1. The molecule has 0 aliphatic heterocycles. The number of carbonyl (C=O) groups excluding carboxylic acids is 2. The fourth-order valence-electron chi connectivity index (χ4n) is 4.96. The number of fused-ring (bicyclic) bond motifs is 2. The summed E-state index contributed by atoms with van der Waals surface area (Å²) in [4.78, 5) is 32.8. The molecule has 4 aromatic rings. The number of rotatable bonds is 13. The van der Waals surface area contributed by atoms with Crippen molar-refractivity contribution >= 4 is 33.4 Å². The van der Waals surface area contributed by atoms with E-state index in [1.807, 2.05) is 42.5 Å². The molecule has 188 valence electrons. The van der Waals surface area contributed by atoms with Gasteiger partial charge < -0.3 is 9.88 Å². The zero-order chi connectivity index (χ0) is 25.3. The Morgan fingerprint density at radius 3 is 2.06 bits per heavy atom. The van der Waals surface area contributed by atoms with Crippen LogP contribution >= 0.6 is 0 Å². The molecule has 36 heavy (non-hydrogen) atoms. The number of ketones is 1. The molecule has 4 heteroatoms. The summed E-state index contributed by atoms with van der Waals surface area (Å²) >= 11 is 0. The van der Waals surface area contributed by atoms with Crippen molar-refractivity contribution in [2.45, 2.75) is 65.2 Å². The zero-order valence-electron chi connectivity index (χ0n) is 21.7. The second-order valence-electron chi connectivity index (χ2n) is 9.73. The van der Waals surface area contributed by atoms with E-state index in [0.717, 1.165) is 84.3 Å². The van der Waals surface area contributed by atoms with Crippen molar-refractivity contribution < 1.29 is 9.59 Å². The smallest absolute Gasteiger partial charge is 0.295 e. The maximum Gasteiger partial charge on any atom is 0.295 e. The first-order valence-electron chi connectivity index (χ1n) is 13.6. The summed E-state index contributed by atoms with van der Waals surface area (Å²) in [6.07, 6.45) is 8.64. The van der Waals surface area contributed by atoms with Crippen LogP contribution in [0.25, 0.3) is 32.9 Å². The summed E-state index contributed by atoms with van der Waals surface area (Å²) in [7, 11) is 0. The molecule has 0 saturated carbocycles. The van der Waals surface area contributed by atoms with Crippen LogP contribution in [0.1, 0.15) is 75.6 Å². The van der Waals surface area contributed by atoms with Crippen molar-refractivity contribution in [3.63, 3.8) is 0 Å². The van der Waals surface area contributed by atoms with Gasteiger partial charge in [0.05, 0.1) is 11.3 Å². The van der Waals surface area contributed by atoms with Gasteiger partial charge in [0.25, 0.3) is 11.7 Å². The van der Waals surface area contributed by atoms with Gasteiger partial charge in [0.15, 0.2) is 0 Å². The third-order valence-corrected chi connectivity index (χ3v) is 7.02. The van der Waals surface area contributed by atoms with Gasteiger partial charge in [0, 0.05) is 24.0 Å². The quantitative estimate of drug-likeness (QED) is 0.119. The number of aromatic amines is 1. The molecule has 0 fully saturated rings. The van der Waals surface area contributed by atoms with Crippen LogP contribution in [0.4, 0.5) is 0 Å². The van der Waals surface area contributed by atoms with Crippen LogP contribution in [0, 0.1) is 0 Å². The third kappa shape index (κ3) is 5.87. The minimum atomic E-state index is -0.415.